The number of nitrogens with zero attached hydrogens (tertiary/aromatic N) is 1. The van der Waals surface area contributed by atoms with Gasteiger partial charge in [0.1, 0.15) is 12.4 Å². The van der Waals surface area contributed by atoms with Crippen molar-refractivity contribution in [2.45, 2.75) is 13.8 Å². The van der Waals surface area contributed by atoms with Crippen LogP contribution in [0.15, 0.2) is 24.3 Å². The summed E-state index contributed by atoms with van der Waals surface area (Å²) in [6.07, 6.45) is 0. The van der Waals surface area contributed by atoms with E-state index in [-0.39, 0.29) is 10.6 Å². The predicted molar refractivity (Wildman–Crippen MR) is 71.1 cm³/mol. The van der Waals surface area contributed by atoms with Crippen LogP contribution < -0.4 is 10.1 Å². The van der Waals surface area contributed by atoms with Crippen molar-refractivity contribution in [2.24, 2.45) is 0 Å². The van der Waals surface area contributed by atoms with Gasteiger partial charge in [-0.05, 0) is 38.1 Å². The van der Waals surface area contributed by atoms with Crippen LogP contribution in [0, 0.1) is 24.0 Å². The Labute approximate surface area is 107 Å². The lowest BCUT2D eigenvalue weighted by Crippen LogP contribution is -2.14. The Kier molecular flexibility index (Phi) is 4.85. The molecule has 0 aromatic heterocycles. The number of rotatable bonds is 6. The topological polar surface area (TPSA) is 64.4 Å². The maximum absolute atomic E-state index is 10.8. The van der Waals surface area contributed by atoms with Gasteiger partial charge in [-0.2, -0.15) is 0 Å². The van der Waals surface area contributed by atoms with E-state index in [9.17, 15) is 10.1 Å². The average Bonchev–Trinajstić information content (AvgIpc) is 2.29. The molecule has 0 heterocycles. The van der Waals surface area contributed by atoms with E-state index in [1.807, 2.05) is 7.05 Å². The second-order valence-corrected chi connectivity index (χ2v) is 4.23. The van der Waals surface area contributed by atoms with Crippen molar-refractivity contribution >= 4 is 5.69 Å². The van der Waals surface area contributed by atoms with Crippen molar-refractivity contribution < 1.29 is 9.66 Å². The van der Waals surface area contributed by atoms with Crippen molar-refractivity contribution in [3.8, 4) is 5.75 Å². The zero-order valence-electron chi connectivity index (χ0n) is 10.9. The standard InChI is InChI=1S/C13H18N2O3/c1-9(7-14-4)8-18-13-6-10(2)12(15(16)17)5-11(13)3/h5-6,14H,1,7-8H2,2-4H3. The van der Waals surface area contributed by atoms with Crippen molar-refractivity contribution in [1.82, 2.24) is 5.32 Å². The SMILES string of the molecule is C=C(CNC)COc1cc(C)c([N+](=O)[O-])cc1C. The van der Waals surface area contributed by atoms with E-state index in [1.54, 1.807) is 19.9 Å². The summed E-state index contributed by atoms with van der Waals surface area (Å²) in [5, 5.41) is 13.8. The molecule has 0 atom stereocenters. The summed E-state index contributed by atoms with van der Waals surface area (Å²) in [5.74, 6) is 0.662. The normalized spacial score (nSPS) is 10.2. The monoisotopic (exact) mass is 250 g/mol. The molecule has 0 saturated heterocycles. The molecule has 0 bridgehead atoms. The minimum atomic E-state index is -0.383. The van der Waals surface area contributed by atoms with E-state index in [0.717, 1.165) is 11.1 Å². The van der Waals surface area contributed by atoms with Crippen LogP contribution >= 0.6 is 0 Å². The Morgan fingerprint density at radius 3 is 2.67 bits per heavy atom. The first-order chi connectivity index (χ1) is 8.45. The number of likely N-dealkylation sites (N-methyl/N-ethyl adjacent to an activating group) is 1. The number of nitrogens with one attached hydrogen (secondary N) is 1. The second-order valence-electron chi connectivity index (χ2n) is 4.23. The highest BCUT2D eigenvalue weighted by Crippen LogP contribution is 2.27. The molecule has 0 fully saturated rings. The van der Waals surface area contributed by atoms with Gasteiger partial charge in [-0.3, -0.25) is 10.1 Å². The van der Waals surface area contributed by atoms with Gasteiger partial charge in [0.05, 0.1) is 4.92 Å². The first kappa shape index (κ1) is 14.2. The molecular weight excluding hydrogens is 232 g/mol. The summed E-state index contributed by atoms with van der Waals surface area (Å²) in [7, 11) is 1.84. The maximum Gasteiger partial charge on any atom is 0.272 e. The minimum absolute atomic E-state index is 0.119. The van der Waals surface area contributed by atoms with E-state index in [1.165, 1.54) is 6.07 Å². The molecule has 0 radical (unpaired) electrons. The zero-order valence-corrected chi connectivity index (χ0v) is 10.9. The fraction of sp³-hybridized carbons (Fsp3) is 0.385. The molecule has 0 aliphatic carbocycles. The minimum Gasteiger partial charge on any atom is -0.489 e. The number of hydrogen-bond donors (Lipinski definition) is 1. The van der Waals surface area contributed by atoms with E-state index >= 15 is 0 Å². The van der Waals surface area contributed by atoms with Crippen LogP contribution in [-0.2, 0) is 0 Å². The fourth-order valence-corrected chi connectivity index (χ4v) is 1.61. The third-order valence-corrected chi connectivity index (χ3v) is 2.55. The number of ether oxygens (including phenoxy) is 1. The van der Waals surface area contributed by atoms with Gasteiger partial charge in [-0.25, -0.2) is 0 Å². The first-order valence-electron chi connectivity index (χ1n) is 5.65. The lowest BCUT2D eigenvalue weighted by Gasteiger charge is -2.11. The molecule has 18 heavy (non-hydrogen) atoms. The van der Waals surface area contributed by atoms with Crippen LogP contribution in [0.25, 0.3) is 0 Å². The molecule has 0 unspecified atom stereocenters. The van der Waals surface area contributed by atoms with Crippen LogP contribution in [0.2, 0.25) is 0 Å². The largest absolute Gasteiger partial charge is 0.489 e. The summed E-state index contributed by atoms with van der Waals surface area (Å²) in [6, 6.07) is 3.23. The third kappa shape index (κ3) is 3.56. The summed E-state index contributed by atoms with van der Waals surface area (Å²) in [4.78, 5) is 10.4. The summed E-state index contributed by atoms with van der Waals surface area (Å²) in [6.45, 7) is 8.44. The maximum atomic E-state index is 10.8. The Morgan fingerprint density at radius 1 is 1.44 bits per heavy atom. The van der Waals surface area contributed by atoms with Crippen LogP contribution in [0.4, 0.5) is 5.69 Å². The highest BCUT2D eigenvalue weighted by Gasteiger charge is 2.14. The van der Waals surface area contributed by atoms with Gasteiger partial charge in [0.25, 0.3) is 5.69 Å². The quantitative estimate of drug-likeness (QED) is 0.478. The molecule has 0 aliphatic rings. The third-order valence-electron chi connectivity index (χ3n) is 2.55. The Hall–Kier alpha value is -1.88. The van der Waals surface area contributed by atoms with E-state index in [4.69, 9.17) is 4.74 Å². The van der Waals surface area contributed by atoms with Gasteiger partial charge in [0.2, 0.25) is 0 Å². The molecule has 0 spiro atoms. The van der Waals surface area contributed by atoms with E-state index in [0.29, 0.717) is 24.5 Å². The summed E-state index contributed by atoms with van der Waals surface area (Å²) < 4.78 is 5.60. The van der Waals surface area contributed by atoms with Gasteiger partial charge in [0.15, 0.2) is 0 Å². The lowest BCUT2D eigenvalue weighted by molar-refractivity contribution is -0.385. The zero-order chi connectivity index (χ0) is 13.7. The molecule has 0 amide bonds. The molecule has 5 heteroatoms. The first-order valence-corrected chi connectivity index (χ1v) is 5.65. The number of nitro benzene ring substituents is 1. The molecule has 1 N–H and O–H groups in total. The predicted octanol–water partition coefficient (Wildman–Crippen LogP) is 2.37. The number of nitro groups is 1. The average molecular weight is 250 g/mol. The Balaban J connectivity index is 2.82. The van der Waals surface area contributed by atoms with Crippen LogP contribution in [0.3, 0.4) is 0 Å². The smallest absolute Gasteiger partial charge is 0.272 e. The number of hydrogen-bond acceptors (Lipinski definition) is 4. The van der Waals surface area contributed by atoms with Crippen molar-refractivity contribution in [1.29, 1.82) is 0 Å². The number of benzene rings is 1. The van der Waals surface area contributed by atoms with Crippen molar-refractivity contribution in [3.05, 3.63) is 45.5 Å². The molecule has 1 rings (SSSR count). The molecule has 0 aliphatic heterocycles. The van der Waals surface area contributed by atoms with Crippen LogP contribution in [0.5, 0.6) is 5.75 Å². The van der Waals surface area contributed by atoms with Crippen molar-refractivity contribution in [3.63, 3.8) is 0 Å². The highest BCUT2D eigenvalue weighted by atomic mass is 16.6. The van der Waals surface area contributed by atoms with Gasteiger partial charge < -0.3 is 10.1 Å². The Bertz CT molecular complexity index is 470. The molecule has 1 aromatic rings. The van der Waals surface area contributed by atoms with Crippen LogP contribution in [-0.4, -0.2) is 25.1 Å². The second kappa shape index (κ2) is 6.16. The molecular formula is C13H18N2O3. The van der Waals surface area contributed by atoms with Gasteiger partial charge in [-0.15, -0.1) is 0 Å². The van der Waals surface area contributed by atoms with E-state index < -0.39 is 0 Å². The van der Waals surface area contributed by atoms with Gasteiger partial charge in [-0.1, -0.05) is 6.58 Å². The highest BCUT2D eigenvalue weighted by molar-refractivity contribution is 5.49. The van der Waals surface area contributed by atoms with Crippen molar-refractivity contribution in [2.75, 3.05) is 20.2 Å². The number of aryl methyl sites for hydroxylation is 2. The van der Waals surface area contributed by atoms with Gasteiger partial charge >= 0.3 is 0 Å². The fourth-order valence-electron chi connectivity index (χ4n) is 1.61. The summed E-state index contributed by atoms with van der Waals surface area (Å²) in [5.41, 5.74) is 2.39. The van der Waals surface area contributed by atoms with Crippen LogP contribution in [0.1, 0.15) is 11.1 Å². The molecule has 5 nitrogen and oxygen atoms in total. The molecule has 1 aromatic carbocycles. The lowest BCUT2D eigenvalue weighted by atomic mass is 10.1. The molecule has 98 valence electrons. The molecule has 0 saturated carbocycles. The van der Waals surface area contributed by atoms with Gasteiger partial charge in [0, 0.05) is 18.2 Å². The summed E-state index contributed by atoms with van der Waals surface area (Å²) >= 11 is 0. The van der Waals surface area contributed by atoms with E-state index in [2.05, 4.69) is 11.9 Å². The Morgan fingerprint density at radius 2 is 2.11 bits per heavy atom.